The Morgan fingerprint density at radius 1 is 1.15 bits per heavy atom. The standard InChI is InChI=1S/C25H26N4O3S/c1-16-21(24-27-23(28-32-24)18-10-12-19(30-2)13-11-18)22(17-7-4-3-5-8-17)26-25(33)29(16)15-20-9-6-14-31-20/h3-5,7-8,10-13,20,22H,6,9,14-15H2,1-2H3,(H,26,33). The van der Waals surface area contributed by atoms with Crippen LogP contribution in [0, 0.1) is 0 Å². The van der Waals surface area contributed by atoms with Gasteiger partial charge in [0.2, 0.25) is 5.82 Å². The summed E-state index contributed by atoms with van der Waals surface area (Å²) < 4.78 is 16.9. The van der Waals surface area contributed by atoms with E-state index < -0.39 is 0 Å². The van der Waals surface area contributed by atoms with Crippen LogP contribution in [0.1, 0.15) is 37.3 Å². The normalized spacial score (nSPS) is 20.8. The maximum atomic E-state index is 5.87. The van der Waals surface area contributed by atoms with Crippen LogP contribution in [-0.4, -0.2) is 46.5 Å². The Kier molecular flexibility index (Phi) is 6.11. The smallest absolute Gasteiger partial charge is 0.258 e. The highest BCUT2D eigenvalue weighted by molar-refractivity contribution is 7.80. The number of hydrogen-bond acceptors (Lipinski definition) is 6. The monoisotopic (exact) mass is 462 g/mol. The van der Waals surface area contributed by atoms with Gasteiger partial charge in [0, 0.05) is 17.9 Å². The van der Waals surface area contributed by atoms with Gasteiger partial charge in [-0.15, -0.1) is 0 Å². The minimum absolute atomic E-state index is 0.159. The summed E-state index contributed by atoms with van der Waals surface area (Å²) >= 11 is 5.77. The first kappa shape index (κ1) is 21.6. The van der Waals surface area contributed by atoms with Gasteiger partial charge in [0.05, 0.1) is 31.4 Å². The number of thiocarbonyl (C=S) groups is 1. The van der Waals surface area contributed by atoms with Gasteiger partial charge in [-0.1, -0.05) is 35.5 Å². The zero-order chi connectivity index (χ0) is 22.8. The van der Waals surface area contributed by atoms with Crippen molar-refractivity contribution >= 4 is 22.9 Å². The van der Waals surface area contributed by atoms with Crippen molar-refractivity contribution in [2.45, 2.75) is 31.9 Å². The van der Waals surface area contributed by atoms with Gasteiger partial charge >= 0.3 is 0 Å². The van der Waals surface area contributed by atoms with Crippen LogP contribution in [0.15, 0.2) is 64.8 Å². The molecule has 7 nitrogen and oxygen atoms in total. The summed E-state index contributed by atoms with van der Waals surface area (Å²) in [6, 6.07) is 17.6. The second-order valence-electron chi connectivity index (χ2n) is 8.19. The molecule has 33 heavy (non-hydrogen) atoms. The fraction of sp³-hybridized carbons (Fsp3) is 0.320. The molecule has 2 atom stereocenters. The van der Waals surface area contributed by atoms with E-state index in [0.717, 1.165) is 47.6 Å². The van der Waals surface area contributed by atoms with Crippen molar-refractivity contribution in [1.29, 1.82) is 0 Å². The molecule has 2 aromatic carbocycles. The van der Waals surface area contributed by atoms with E-state index in [9.17, 15) is 0 Å². The van der Waals surface area contributed by atoms with E-state index in [1.165, 1.54) is 0 Å². The fourth-order valence-corrected chi connectivity index (χ4v) is 4.69. The Balaban J connectivity index is 1.54. The maximum Gasteiger partial charge on any atom is 0.258 e. The van der Waals surface area contributed by atoms with Crippen LogP contribution in [0.3, 0.4) is 0 Å². The van der Waals surface area contributed by atoms with Crippen LogP contribution < -0.4 is 10.1 Å². The quantitative estimate of drug-likeness (QED) is 0.534. The summed E-state index contributed by atoms with van der Waals surface area (Å²) in [6.45, 7) is 3.56. The lowest BCUT2D eigenvalue weighted by Crippen LogP contribution is -2.48. The molecule has 1 saturated heterocycles. The van der Waals surface area contributed by atoms with E-state index in [0.29, 0.717) is 23.4 Å². The number of rotatable bonds is 6. The van der Waals surface area contributed by atoms with Crippen molar-refractivity contribution in [3.63, 3.8) is 0 Å². The third-order valence-electron chi connectivity index (χ3n) is 6.14. The number of nitrogens with one attached hydrogen (secondary N) is 1. The van der Waals surface area contributed by atoms with Crippen LogP contribution in [0.25, 0.3) is 17.0 Å². The van der Waals surface area contributed by atoms with E-state index in [1.54, 1.807) is 7.11 Å². The van der Waals surface area contributed by atoms with Crippen molar-refractivity contribution in [2.75, 3.05) is 20.3 Å². The van der Waals surface area contributed by atoms with Gasteiger partial charge in [-0.2, -0.15) is 4.98 Å². The number of allylic oxidation sites excluding steroid dienone is 1. The highest BCUT2D eigenvalue weighted by atomic mass is 32.1. The number of nitrogens with zero attached hydrogens (tertiary/aromatic N) is 3. The molecule has 1 fully saturated rings. The first-order valence-corrected chi connectivity index (χ1v) is 11.5. The van der Waals surface area contributed by atoms with Gasteiger partial charge in [-0.3, -0.25) is 0 Å². The zero-order valence-electron chi connectivity index (χ0n) is 18.7. The molecule has 2 unspecified atom stereocenters. The average Bonchev–Trinajstić information content (AvgIpc) is 3.54. The van der Waals surface area contributed by atoms with Gasteiger partial charge in [0.15, 0.2) is 5.11 Å². The molecular formula is C25H26N4O3S. The lowest BCUT2D eigenvalue weighted by Gasteiger charge is -2.38. The van der Waals surface area contributed by atoms with Gasteiger partial charge in [-0.25, -0.2) is 0 Å². The first-order chi connectivity index (χ1) is 16.1. The van der Waals surface area contributed by atoms with E-state index in [-0.39, 0.29) is 12.1 Å². The molecular weight excluding hydrogens is 436 g/mol. The topological polar surface area (TPSA) is 72.7 Å². The summed E-state index contributed by atoms with van der Waals surface area (Å²) in [4.78, 5) is 6.85. The second-order valence-corrected chi connectivity index (χ2v) is 8.58. The molecule has 3 heterocycles. The Morgan fingerprint density at radius 2 is 1.94 bits per heavy atom. The van der Waals surface area contributed by atoms with Crippen molar-refractivity contribution < 1.29 is 14.0 Å². The largest absolute Gasteiger partial charge is 0.497 e. The molecule has 0 saturated carbocycles. The predicted molar refractivity (Wildman–Crippen MR) is 129 cm³/mol. The number of aromatic nitrogens is 2. The average molecular weight is 463 g/mol. The van der Waals surface area contributed by atoms with Crippen LogP contribution in [-0.2, 0) is 4.74 Å². The molecule has 5 rings (SSSR count). The molecule has 0 amide bonds. The Morgan fingerprint density at radius 3 is 2.64 bits per heavy atom. The predicted octanol–water partition coefficient (Wildman–Crippen LogP) is 4.59. The van der Waals surface area contributed by atoms with Crippen molar-refractivity contribution in [1.82, 2.24) is 20.4 Å². The minimum Gasteiger partial charge on any atom is -0.497 e. The van der Waals surface area contributed by atoms with E-state index in [2.05, 4.69) is 34.4 Å². The molecule has 3 aromatic rings. The Bertz CT molecular complexity index is 1150. The van der Waals surface area contributed by atoms with Gasteiger partial charge in [0.25, 0.3) is 5.89 Å². The van der Waals surface area contributed by atoms with Gasteiger partial charge in [0.1, 0.15) is 5.75 Å². The number of methoxy groups -OCH3 is 1. The fourth-order valence-electron chi connectivity index (χ4n) is 4.36. The molecule has 2 aliphatic rings. The molecule has 0 aliphatic carbocycles. The molecule has 0 bridgehead atoms. The van der Waals surface area contributed by atoms with E-state index >= 15 is 0 Å². The first-order valence-electron chi connectivity index (χ1n) is 11.1. The lowest BCUT2D eigenvalue weighted by atomic mass is 9.94. The Hall–Kier alpha value is -3.23. The lowest BCUT2D eigenvalue weighted by molar-refractivity contribution is 0.0962. The van der Waals surface area contributed by atoms with Crippen LogP contribution in [0.2, 0.25) is 0 Å². The molecule has 1 N–H and O–H groups in total. The SMILES string of the molecule is COc1ccc(-c2noc(C3=C(C)N(CC4CCCO4)C(=S)NC3c3ccccc3)n2)cc1. The van der Waals surface area contributed by atoms with E-state index in [1.807, 2.05) is 42.5 Å². The molecule has 170 valence electrons. The van der Waals surface area contributed by atoms with Gasteiger partial charge in [-0.05, 0) is 61.8 Å². The molecule has 1 aromatic heterocycles. The maximum absolute atomic E-state index is 5.87. The summed E-state index contributed by atoms with van der Waals surface area (Å²) in [5.74, 6) is 1.78. The molecule has 0 radical (unpaired) electrons. The van der Waals surface area contributed by atoms with Crippen molar-refractivity contribution in [2.24, 2.45) is 0 Å². The summed E-state index contributed by atoms with van der Waals surface area (Å²) in [6.07, 6.45) is 2.27. The Labute approximate surface area is 198 Å². The highest BCUT2D eigenvalue weighted by Crippen LogP contribution is 2.37. The van der Waals surface area contributed by atoms with Crippen molar-refractivity contribution in [3.05, 3.63) is 71.7 Å². The number of ether oxygens (including phenoxy) is 2. The van der Waals surface area contributed by atoms with Crippen LogP contribution in [0.5, 0.6) is 5.75 Å². The second kappa shape index (κ2) is 9.33. The minimum atomic E-state index is -0.191. The summed E-state index contributed by atoms with van der Waals surface area (Å²) in [7, 11) is 1.64. The third kappa shape index (κ3) is 4.36. The highest BCUT2D eigenvalue weighted by Gasteiger charge is 2.35. The number of hydrogen-bond donors (Lipinski definition) is 1. The molecule has 2 aliphatic heterocycles. The van der Waals surface area contributed by atoms with Crippen LogP contribution in [0.4, 0.5) is 0 Å². The van der Waals surface area contributed by atoms with E-state index in [4.69, 9.17) is 31.2 Å². The molecule has 0 spiro atoms. The summed E-state index contributed by atoms with van der Waals surface area (Å²) in [5, 5.41) is 8.44. The zero-order valence-corrected chi connectivity index (χ0v) is 19.5. The van der Waals surface area contributed by atoms with Crippen LogP contribution >= 0.6 is 12.2 Å². The number of benzene rings is 2. The molecule has 8 heteroatoms. The third-order valence-corrected chi connectivity index (χ3v) is 6.48. The van der Waals surface area contributed by atoms with Crippen molar-refractivity contribution in [3.8, 4) is 17.1 Å². The van der Waals surface area contributed by atoms with Gasteiger partial charge < -0.3 is 24.2 Å². The summed E-state index contributed by atoms with van der Waals surface area (Å²) in [5.41, 5.74) is 3.85.